The fourth-order valence-corrected chi connectivity index (χ4v) is 0.819. The zero-order chi connectivity index (χ0) is 8.04. The summed E-state index contributed by atoms with van der Waals surface area (Å²) in [6.45, 7) is 7.40. The Kier molecular flexibility index (Phi) is 3.49. The van der Waals surface area contributed by atoms with Crippen LogP contribution in [-0.2, 0) is 0 Å². The lowest BCUT2D eigenvalue weighted by atomic mass is 9.88. The highest BCUT2D eigenvalue weighted by molar-refractivity contribution is 5.11. The van der Waals surface area contributed by atoms with E-state index >= 15 is 0 Å². The normalized spacial score (nSPS) is 16.1. The van der Waals surface area contributed by atoms with Crippen molar-refractivity contribution in [1.82, 2.24) is 0 Å². The highest BCUT2D eigenvalue weighted by Crippen LogP contribution is 2.21. The third kappa shape index (κ3) is 2.50. The summed E-state index contributed by atoms with van der Waals surface area (Å²) in [5.74, 6) is 0. The molecule has 0 spiro atoms. The number of hydrogen-bond acceptors (Lipinski definition) is 1. The summed E-state index contributed by atoms with van der Waals surface area (Å²) in [4.78, 5) is 0. The van der Waals surface area contributed by atoms with Crippen LogP contribution < -0.4 is 0 Å². The van der Waals surface area contributed by atoms with E-state index in [2.05, 4.69) is 12.6 Å². The Bertz CT molecular complexity index is 174. The molecule has 1 nitrogen and oxygen atoms in total. The zero-order valence-corrected chi connectivity index (χ0v) is 6.59. The van der Waals surface area contributed by atoms with Crippen LogP contribution in [0.25, 0.3) is 0 Å². The van der Waals surface area contributed by atoms with Crippen molar-refractivity contribution in [1.29, 1.82) is 5.26 Å². The molecule has 0 aromatic carbocycles. The van der Waals surface area contributed by atoms with Crippen molar-refractivity contribution < 1.29 is 0 Å². The van der Waals surface area contributed by atoms with Crippen molar-refractivity contribution in [2.24, 2.45) is 5.41 Å². The van der Waals surface area contributed by atoms with Gasteiger partial charge in [0.25, 0.3) is 0 Å². The van der Waals surface area contributed by atoms with Crippen molar-refractivity contribution in [2.75, 3.05) is 0 Å². The maximum Gasteiger partial charge on any atom is 0.0759 e. The number of nitriles is 1. The number of hydrogen-bond donors (Lipinski definition) is 0. The smallest absolute Gasteiger partial charge is 0.0759 e. The van der Waals surface area contributed by atoms with Crippen LogP contribution in [0.2, 0.25) is 0 Å². The lowest BCUT2D eigenvalue weighted by molar-refractivity contribution is 0.578. The third-order valence-corrected chi connectivity index (χ3v) is 1.36. The van der Waals surface area contributed by atoms with Crippen LogP contribution in [0.1, 0.15) is 20.3 Å². The SMILES string of the molecule is C=CCC(C)(C#N)C=CC. The minimum atomic E-state index is -0.351. The van der Waals surface area contributed by atoms with Crippen LogP contribution in [0.3, 0.4) is 0 Å². The van der Waals surface area contributed by atoms with Gasteiger partial charge in [-0.1, -0.05) is 18.2 Å². The molecule has 0 saturated carbocycles. The van der Waals surface area contributed by atoms with Gasteiger partial charge < -0.3 is 0 Å². The van der Waals surface area contributed by atoms with E-state index in [1.807, 2.05) is 26.0 Å². The highest BCUT2D eigenvalue weighted by atomic mass is 14.3. The summed E-state index contributed by atoms with van der Waals surface area (Å²) in [5.41, 5.74) is -0.351. The summed E-state index contributed by atoms with van der Waals surface area (Å²) in [5, 5.41) is 8.70. The molecule has 0 aliphatic carbocycles. The maximum absolute atomic E-state index is 8.70. The average Bonchev–Trinajstić information content (AvgIpc) is 1.89. The Morgan fingerprint density at radius 1 is 1.70 bits per heavy atom. The molecule has 0 bridgehead atoms. The Morgan fingerprint density at radius 3 is 2.60 bits per heavy atom. The van der Waals surface area contributed by atoms with Crippen LogP contribution in [0.4, 0.5) is 0 Å². The summed E-state index contributed by atoms with van der Waals surface area (Å²) in [7, 11) is 0. The first-order valence-electron chi connectivity index (χ1n) is 3.34. The fourth-order valence-electron chi connectivity index (χ4n) is 0.819. The second-order valence-corrected chi connectivity index (χ2v) is 2.52. The van der Waals surface area contributed by atoms with E-state index in [1.54, 1.807) is 6.08 Å². The van der Waals surface area contributed by atoms with Gasteiger partial charge in [-0.3, -0.25) is 0 Å². The Hall–Kier alpha value is -1.03. The molecule has 1 unspecified atom stereocenters. The van der Waals surface area contributed by atoms with E-state index < -0.39 is 0 Å². The van der Waals surface area contributed by atoms with E-state index in [0.29, 0.717) is 6.42 Å². The molecule has 0 amide bonds. The largest absolute Gasteiger partial charge is 0.197 e. The van der Waals surface area contributed by atoms with Gasteiger partial charge in [0.15, 0.2) is 0 Å². The van der Waals surface area contributed by atoms with E-state index in [1.165, 1.54) is 0 Å². The number of allylic oxidation sites excluding steroid dienone is 3. The number of nitrogens with zero attached hydrogens (tertiary/aromatic N) is 1. The van der Waals surface area contributed by atoms with Crippen LogP contribution in [0.5, 0.6) is 0 Å². The predicted octanol–water partition coefficient (Wildman–Crippen LogP) is 2.67. The minimum absolute atomic E-state index is 0.351. The molecular formula is C9H13N. The summed E-state index contributed by atoms with van der Waals surface area (Å²) < 4.78 is 0. The van der Waals surface area contributed by atoms with Gasteiger partial charge in [0.05, 0.1) is 11.5 Å². The topological polar surface area (TPSA) is 23.8 Å². The quantitative estimate of drug-likeness (QED) is 0.546. The summed E-state index contributed by atoms with van der Waals surface area (Å²) in [6.07, 6.45) is 6.28. The lowest BCUT2D eigenvalue weighted by Gasteiger charge is -2.12. The van der Waals surface area contributed by atoms with Gasteiger partial charge >= 0.3 is 0 Å². The monoisotopic (exact) mass is 135 g/mol. The molecule has 0 aliphatic heterocycles. The standard InChI is InChI=1S/C9H13N/c1-4-6-9(3,8-10)7-5-2/h4-5,7H,1,6H2,2-3H3. The first kappa shape index (κ1) is 8.97. The molecule has 0 aromatic rings. The van der Waals surface area contributed by atoms with Crippen LogP contribution in [-0.4, -0.2) is 0 Å². The van der Waals surface area contributed by atoms with Crippen molar-refractivity contribution in [3.63, 3.8) is 0 Å². The molecule has 10 heavy (non-hydrogen) atoms. The minimum Gasteiger partial charge on any atom is -0.197 e. The second kappa shape index (κ2) is 3.90. The van der Waals surface area contributed by atoms with E-state index in [0.717, 1.165) is 0 Å². The van der Waals surface area contributed by atoms with Gasteiger partial charge in [0, 0.05) is 0 Å². The predicted molar refractivity (Wildman–Crippen MR) is 43.3 cm³/mol. The Balaban J connectivity index is 4.25. The van der Waals surface area contributed by atoms with Crippen LogP contribution in [0.15, 0.2) is 24.8 Å². The van der Waals surface area contributed by atoms with Crippen LogP contribution >= 0.6 is 0 Å². The molecule has 1 atom stereocenters. The van der Waals surface area contributed by atoms with Gasteiger partial charge in [0.2, 0.25) is 0 Å². The van der Waals surface area contributed by atoms with Crippen molar-refractivity contribution in [2.45, 2.75) is 20.3 Å². The molecule has 0 N–H and O–H groups in total. The average molecular weight is 135 g/mol. The van der Waals surface area contributed by atoms with E-state index in [4.69, 9.17) is 5.26 Å². The molecule has 0 fully saturated rings. The first-order valence-corrected chi connectivity index (χ1v) is 3.34. The van der Waals surface area contributed by atoms with Crippen molar-refractivity contribution in [3.8, 4) is 6.07 Å². The van der Waals surface area contributed by atoms with E-state index in [-0.39, 0.29) is 5.41 Å². The highest BCUT2D eigenvalue weighted by Gasteiger charge is 2.16. The number of rotatable bonds is 3. The van der Waals surface area contributed by atoms with Gasteiger partial charge in [-0.25, -0.2) is 0 Å². The zero-order valence-electron chi connectivity index (χ0n) is 6.59. The van der Waals surface area contributed by atoms with Crippen molar-refractivity contribution >= 4 is 0 Å². The lowest BCUT2D eigenvalue weighted by Crippen LogP contribution is -2.07. The van der Waals surface area contributed by atoms with Gasteiger partial charge in [-0.05, 0) is 20.3 Å². The van der Waals surface area contributed by atoms with Gasteiger partial charge in [0.1, 0.15) is 0 Å². The van der Waals surface area contributed by atoms with Gasteiger partial charge in [-0.2, -0.15) is 5.26 Å². The molecule has 54 valence electrons. The van der Waals surface area contributed by atoms with Crippen LogP contribution in [0, 0.1) is 16.7 Å². The second-order valence-electron chi connectivity index (χ2n) is 2.52. The summed E-state index contributed by atoms with van der Waals surface area (Å²) in [6, 6.07) is 2.22. The third-order valence-electron chi connectivity index (χ3n) is 1.36. The summed E-state index contributed by atoms with van der Waals surface area (Å²) >= 11 is 0. The maximum atomic E-state index is 8.70. The van der Waals surface area contributed by atoms with E-state index in [9.17, 15) is 0 Å². The fraction of sp³-hybridized carbons (Fsp3) is 0.444. The van der Waals surface area contributed by atoms with Crippen molar-refractivity contribution in [3.05, 3.63) is 24.8 Å². The van der Waals surface area contributed by atoms with Gasteiger partial charge in [-0.15, -0.1) is 6.58 Å². The molecule has 0 rings (SSSR count). The molecule has 0 saturated heterocycles. The molecule has 0 radical (unpaired) electrons. The molecule has 0 aliphatic rings. The Morgan fingerprint density at radius 2 is 2.30 bits per heavy atom. The first-order chi connectivity index (χ1) is 4.68. The molecular weight excluding hydrogens is 122 g/mol. The Labute approximate surface area is 62.7 Å². The molecule has 1 heteroatoms. The molecule has 0 heterocycles. The molecule has 0 aromatic heterocycles.